The maximum absolute atomic E-state index is 11.9. The molecule has 6 nitrogen and oxygen atoms in total. The Morgan fingerprint density at radius 1 is 1.48 bits per heavy atom. The van der Waals surface area contributed by atoms with Crippen molar-refractivity contribution in [2.24, 2.45) is 0 Å². The first-order valence-electron chi connectivity index (χ1n) is 7.23. The van der Waals surface area contributed by atoms with Gasteiger partial charge in [0.1, 0.15) is 5.00 Å². The number of anilines is 1. The van der Waals surface area contributed by atoms with Crippen molar-refractivity contribution in [3.8, 4) is 0 Å². The van der Waals surface area contributed by atoms with Crippen molar-refractivity contribution in [3.05, 3.63) is 34.5 Å². The highest BCUT2D eigenvalue weighted by molar-refractivity contribution is 7.80. The van der Waals surface area contributed by atoms with Crippen LogP contribution in [-0.4, -0.2) is 34.5 Å². The van der Waals surface area contributed by atoms with Gasteiger partial charge in [-0.25, -0.2) is 4.79 Å². The number of aryl methyl sites for hydroxylation is 2. The summed E-state index contributed by atoms with van der Waals surface area (Å²) in [5, 5.41) is 11.6. The lowest BCUT2D eigenvalue weighted by atomic mass is 10.1. The topological polar surface area (TPSA) is 68.2 Å². The zero-order valence-corrected chi connectivity index (χ0v) is 15.0. The van der Waals surface area contributed by atoms with Crippen molar-refractivity contribution in [2.45, 2.75) is 26.8 Å². The average molecular weight is 352 g/mol. The molecule has 0 amide bonds. The van der Waals surface area contributed by atoms with Crippen molar-refractivity contribution in [1.82, 2.24) is 15.1 Å². The molecule has 0 aromatic carbocycles. The summed E-state index contributed by atoms with van der Waals surface area (Å²) in [4.78, 5) is 13.0. The van der Waals surface area contributed by atoms with Gasteiger partial charge in [-0.2, -0.15) is 5.10 Å². The van der Waals surface area contributed by atoms with E-state index >= 15 is 0 Å². The molecule has 0 radical (unpaired) electrons. The second-order valence-electron chi connectivity index (χ2n) is 4.98. The number of carbonyl (C=O) groups excluding carboxylic acids is 1. The molecule has 0 aliphatic carbocycles. The van der Waals surface area contributed by atoms with E-state index in [1.165, 1.54) is 18.4 Å². The highest BCUT2D eigenvalue weighted by Gasteiger charge is 2.20. The normalized spacial score (nSPS) is 10.4. The van der Waals surface area contributed by atoms with Gasteiger partial charge in [0.25, 0.3) is 0 Å². The Morgan fingerprint density at radius 2 is 2.26 bits per heavy atom. The van der Waals surface area contributed by atoms with Gasteiger partial charge in [0, 0.05) is 30.4 Å². The number of aromatic nitrogens is 2. The fraction of sp³-hybridized carbons (Fsp3) is 0.400. The Bertz CT molecular complexity index is 680. The quantitative estimate of drug-likeness (QED) is 0.473. The van der Waals surface area contributed by atoms with Gasteiger partial charge in [-0.05, 0) is 44.1 Å². The van der Waals surface area contributed by atoms with Crippen LogP contribution in [-0.2, 0) is 11.3 Å². The van der Waals surface area contributed by atoms with Crippen LogP contribution in [0.15, 0.2) is 18.5 Å². The minimum Gasteiger partial charge on any atom is -0.465 e. The summed E-state index contributed by atoms with van der Waals surface area (Å²) in [5.41, 5.74) is 1.47. The molecule has 2 aromatic heterocycles. The molecule has 2 rings (SSSR count). The number of nitrogens with zero attached hydrogens (tertiary/aromatic N) is 2. The first-order chi connectivity index (χ1) is 11.0. The molecule has 2 aromatic rings. The van der Waals surface area contributed by atoms with E-state index in [-0.39, 0.29) is 5.97 Å². The molecule has 0 aliphatic heterocycles. The number of carbonyl (C=O) groups is 1. The third kappa shape index (κ3) is 4.52. The number of ether oxygens (including phenoxy) is 1. The third-order valence-electron chi connectivity index (χ3n) is 3.41. The largest absolute Gasteiger partial charge is 0.465 e. The summed E-state index contributed by atoms with van der Waals surface area (Å²) < 4.78 is 6.72. The van der Waals surface area contributed by atoms with E-state index in [0.717, 1.165) is 35.0 Å². The Balaban J connectivity index is 1.87. The number of esters is 1. The predicted molar refractivity (Wildman–Crippen MR) is 96.2 cm³/mol. The highest BCUT2D eigenvalue weighted by Crippen LogP contribution is 2.32. The molecule has 2 heterocycles. The summed E-state index contributed by atoms with van der Waals surface area (Å²) in [6.07, 6.45) is 4.59. The molecule has 23 heavy (non-hydrogen) atoms. The SMILES string of the molecule is COC(=O)c1c(NC(=S)NCCCn2cccn2)sc(C)c1C. The van der Waals surface area contributed by atoms with Gasteiger partial charge in [-0.1, -0.05) is 0 Å². The third-order valence-corrected chi connectivity index (χ3v) is 4.78. The first-order valence-corrected chi connectivity index (χ1v) is 8.46. The zero-order chi connectivity index (χ0) is 16.8. The van der Waals surface area contributed by atoms with Crippen LogP contribution in [0, 0.1) is 13.8 Å². The summed E-state index contributed by atoms with van der Waals surface area (Å²) in [5.74, 6) is -0.351. The molecule has 0 atom stereocenters. The van der Waals surface area contributed by atoms with E-state index in [1.807, 2.05) is 30.8 Å². The zero-order valence-electron chi connectivity index (χ0n) is 13.4. The van der Waals surface area contributed by atoms with Crippen molar-refractivity contribution in [3.63, 3.8) is 0 Å². The van der Waals surface area contributed by atoms with Crippen molar-refractivity contribution < 1.29 is 9.53 Å². The lowest BCUT2D eigenvalue weighted by molar-refractivity contribution is 0.0601. The molecule has 8 heteroatoms. The van der Waals surface area contributed by atoms with E-state index in [4.69, 9.17) is 17.0 Å². The lowest BCUT2D eigenvalue weighted by Gasteiger charge is -2.10. The van der Waals surface area contributed by atoms with E-state index < -0.39 is 0 Å². The Morgan fingerprint density at radius 3 is 2.91 bits per heavy atom. The van der Waals surface area contributed by atoms with Crippen LogP contribution in [0.5, 0.6) is 0 Å². The molecule has 0 saturated heterocycles. The van der Waals surface area contributed by atoms with Crippen LogP contribution in [0.4, 0.5) is 5.00 Å². The molecule has 0 unspecified atom stereocenters. The monoisotopic (exact) mass is 352 g/mol. The minimum absolute atomic E-state index is 0.351. The Labute approximate surface area is 144 Å². The molecule has 0 fully saturated rings. The number of thiophene rings is 1. The fourth-order valence-corrected chi connectivity index (χ4v) is 3.41. The van der Waals surface area contributed by atoms with Crippen LogP contribution >= 0.6 is 23.6 Å². The lowest BCUT2D eigenvalue weighted by Crippen LogP contribution is -2.30. The number of hydrogen-bond donors (Lipinski definition) is 2. The van der Waals surface area contributed by atoms with Gasteiger partial charge in [0.15, 0.2) is 5.11 Å². The minimum atomic E-state index is -0.351. The van der Waals surface area contributed by atoms with Gasteiger partial charge in [-0.15, -0.1) is 11.3 Å². The predicted octanol–water partition coefficient (Wildman–Crippen LogP) is 2.72. The van der Waals surface area contributed by atoms with Gasteiger partial charge >= 0.3 is 5.97 Å². The molecule has 0 aliphatic rings. The first kappa shape index (κ1) is 17.4. The van der Waals surface area contributed by atoms with Crippen LogP contribution in [0.1, 0.15) is 27.2 Å². The summed E-state index contributed by atoms with van der Waals surface area (Å²) in [6, 6.07) is 1.90. The number of thiocarbonyl (C=S) groups is 1. The van der Waals surface area contributed by atoms with Crippen LogP contribution in [0.3, 0.4) is 0 Å². The molecule has 0 spiro atoms. The van der Waals surface area contributed by atoms with E-state index in [0.29, 0.717) is 10.7 Å². The molecule has 0 saturated carbocycles. The van der Waals surface area contributed by atoms with E-state index in [2.05, 4.69) is 15.7 Å². The van der Waals surface area contributed by atoms with Gasteiger partial charge in [0.05, 0.1) is 12.7 Å². The smallest absolute Gasteiger partial charge is 0.341 e. The number of methoxy groups -OCH3 is 1. The van der Waals surface area contributed by atoms with Gasteiger partial charge < -0.3 is 15.4 Å². The summed E-state index contributed by atoms with van der Waals surface area (Å²) >= 11 is 6.79. The molecule has 2 N–H and O–H groups in total. The van der Waals surface area contributed by atoms with E-state index in [9.17, 15) is 4.79 Å². The highest BCUT2D eigenvalue weighted by atomic mass is 32.1. The molecule has 124 valence electrons. The summed E-state index contributed by atoms with van der Waals surface area (Å²) in [6.45, 7) is 5.43. The number of rotatable bonds is 6. The molecular formula is C15H20N4O2S2. The van der Waals surface area contributed by atoms with Crippen LogP contribution < -0.4 is 10.6 Å². The second kappa shape index (κ2) is 8.07. The van der Waals surface area contributed by atoms with Gasteiger partial charge in [-0.3, -0.25) is 4.68 Å². The Kier molecular flexibility index (Phi) is 6.12. The maximum Gasteiger partial charge on any atom is 0.341 e. The van der Waals surface area contributed by atoms with Crippen molar-refractivity contribution in [2.75, 3.05) is 19.0 Å². The second-order valence-corrected chi connectivity index (χ2v) is 6.62. The van der Waals surface area contributed by atoms with E-state index in [1.54, 1.807) is 6.20 Å². The maximum atomic E-state index is 11.9. The van der Waals surface area contributed by atoms with Crippen LogP contribution in [0.2, 0.25) is 0 Å². The molecular weight excluding hydrogens is 332 g/mol. The fourth-order valence-electron chi connectivity index (χ4n) is 2.09. The van der Waals surface area contributed by atoms with Crippen LogP contribution in [0.25, 0.3) is 0 Å². The Hall–Kier alpha value is -1.93. The van der Waals surface area contributed by atoms with Gasteiger partial charge in [0.2, 0.25) is 0 Å². The van der Waals surface area contributed by atoms with Crippen molar-refractivity contribution >= 4 is 39.6 Å². The van der Waals surface area contributed by atoms with Crippen molar-refractivity contribution in [1.29, 1.82) is 0 Å². The summed E-state index contributed by atoms with van der Waals surface area (Å²) in [7, 11) is 1.38. The standard InChI is InChI=1S/C15H20N4O2S2/c1-10-11(2)23-13(12(10)14(20)21-3)18-15(22)16-6-4-8-19-9-5-7-17-19/h5,7,9H,4,6,8H2,1-3H3,(H2,16,18,22). The number of nitrogens with one attached hydrogen (secondary N) is 2. The molecule has 0 bridgehead atoms. The number of hydrogen-bond acceptors (Lipinski definition) is 5. The average Bonchev–Trinajstić information content (AvgIpc) is 3.12.